The van der Waals surface area contributed by atoms with Gasteiger partial charge in [0.05, 0.1) is 4.47 Å². The molecule has 1 heterocycles. The second kappa shape index (κ2) is 7.55. The number of hydrogen-bond acceptors (Lipinski definition) is 3. The van der Waals surface area contributed by atoms with Crippen LogP contribution in [0.4, 0.5) is 0 Å². The Morgan fingerprint density at radius 1 is 1.23 bits per heavy atom. The maximum atomic E-state index is 12.2. The molecule has 0 saturated carbocycles. The van der Waals surface area contributed by atoms with Gasteiger partial charge in [-0.25, -0.2) is 18.1 Å². The fourth-order valence-corrected chi connectivity index (χ4v) is 3.51. The molecule has 2 aromatic rings. The Morgan fingerprint density at radius 2 is 1.86 bits per heavy atom. The molecule has 0 atom stereocenters. The van der Waals surface area contributed by atoms with Gasteiger partial charge in [-0.3, -0.25) is 0 Å². The van der Waals surface area contributed by atoms with Crippen molar-refractivity contribution < 1.29 is 8.42 Å². The zero-order valence-electron chi connectivity index (χ0n) is 12.0. The van der Waals surface area contributed by atoms with Crippen molar-refractivity contribution in [3.63, 3.8) is 0 Å². The van der Waals surface area contributed by atoms with Gasteiger partial charge in [0.15, 0.2) is 0 Å². The van der Waals surface area contributed by atoms with Crippen LogP contribution in [-0.4, -0.2) is 19.9 Å². The number of pyridine rings is 1. The van der Waals surface area contributed by atoms with E-state index in [0.29, 0.717) is 17.4 Å². The maximum Gasteiger partial charge on any atom is 0.242 e. The Hall–Kier alpha value is -0.950. The van der Waals surface area contributed by atoms with E-state index in [1.54, 1.807) is 0 Å². The molecule has 7 heteroatoms. The molecule has 0 aliphatic rings. The summed E-state index contributed by atoms with van der Waals surface area (Å²) in [5.41, 5.74) is 2.36. The standard InChI is InChI=1S/C15H16BrClN2O2S/c1-2-11-3-5-12(6-4-11)7-8-19-22(20,21)13-9-14(16)15(17)18-10-13/h3-6,9-10,19H,2,7-8H2,1H3. The number of sulfonamides is 1. The number of nitrogens with zero attached hydrogens (tertiary/aromatic N) is 1. The van der Waals surface area contributed by atoms with Crippen molar-refractivity contribution in [3.05, 3.63) is 57.3 Å². The zero-order chi connectivity index (χ0) is 16.2. The van der Waals surface area contributed by atoms with Gasteiger partial charge in [-0.05, 0) is 46.0 Å². The second-order valence-electron chi connectivity index (χ2n) is 4.76. The molecule has 0 unspecified atom stereocenters. The van der Waals surface area contributed by atoms with Crippen molar-refractivity contribution in [2.24, 2.45) is 0 Å². The van der Waals surface area contributed by atoms with Crippen LogP contribution in [0, 0.1) is 0 Å². The highest BCUT2D eigenvalue weighted by molar-refractivity contribution is 9.10. The molecule has 0 aliphatic carbocycles. The zero-order valence-corrected chi connectivity index (χ0v) is 15.2. The van der Waals surface area contributed by atoms with Crippen LogP contribution in [0.25, 0.3) is 0 Å². The predicted molar refractivity (Wildman–Crippen MR) is 91.7 cm³/mol. The molecule has 2 rings (SSSR count). The Kier molecular flexibility index (Phi) is 5.97. The minimum absolute atomic E-state index is 0.0881. The van der Waals surface area contributed by atoms with Crippen LogP contribution in [0.2, 0.25) is 5.15 Å². The van der Waals surface area contributed by atoms with E-state index in [2.05, 4.69) is 44.7 Å². The van der Waals surface area contributed by atoms with Crippen LogP contribution in [0.5, 0.6) is 0 Å². The molecule has 22 heavy (non-hydrogen) atoms. The van der Waals surface area contributed by atoms with E-state index < -0.39 is 10.0 Å². The topological polar surface area (TPSA) is 59.1 Å². The lowest BCUT2D eigenvalue weighted by molar-refractivity contribution is 0.581. The van der Waals surface area contributed by atoms with Crippen molar-refractivity contribution in [1.82, 2.24) is 9.71 Å². The number of rotatable bonds is 6. The molecule has 0 saturated heterocycles. The summed E-state index contributed by atoms with van der Waals surface area (Å²) in [6.07, 6.45) is 2.86. The van der Waals surface area contributed by atoms with Gasteiger partial charge in [-0.15, -0.1) is 0 Å². The first-order chi connectivity index (χ1) is 10.4. The predicted octanol–water partition coefficient (Wildman–Crippen LogP) is 3.58. The monoisotopic (exact) mass is 402 g/mol. The second-order valence-corrected chi connectivity index (χ2v) is 7.74. The molecule has 0 aliphatic heterocycles. The van der Waals surface area contributed by atoms with Gasteiger partial charge in [0.1, 0.15) is 10.0 Å². The SMILES string of the molecule is CCc1ccc(CCNS(=O)(=O)c2cnc(Cl)c(Br)c2)cc1. The number of aromatic nitrogens is 1. The van der Waals surface area contributed by atoms with Crippen molar-refractivity contribution >= 4 is 37.6 Å². The van der Waals surface area contributed by atoms with Gasteiger partial charge < -0.3 is 0 Å². The minimum Gasteiger partial charge on any atom is -0.242 e. The molecular formula is C15H16BrClN2O2S. The van der Waals surface area contributed by atoms with E-state index in [1.165, 1.54) is 17.8 Å². The number of halogens is 2. The average molecular weight is 404 g/mol. The molecule has 1 N–H and O–H groups in total. The minimum atomic E-state index is -3.58. The van der Waals surface area contributed by atoms with Gasteiger partial charge in [0.25, 0.3) is 0 Å². The summed E-state index contributed by atoms with van der Waals surface area (Å²) in [5.74, 6) is 0. The van der Waals surface area contributed by atoms with E-state index >= 15 is 0 Å². The van der Waals surface area contributed by atoms with Gasteiger partial charge in [0.2, 0.25) is 10.0 Å². The largest absolute Gasteiger partial charge is 0.242 e. The number of nitrogens with one attached hydrogen (secondary N) is 1. The van der Waals surface area contributed by atoms with E-state index in [-0.39, 0.29) is 10.0 Å². The molecule has 118 valence electrons. The fraction of sp³-hybridized carbons (Fsp3) is 0.267. The highest BCUT2D eigenvalue weighted by Crippen LogP contribution is 2.22. The van der Waals surface area contributed by atoms with Gasteiger partial charge in [-0.1, -0.05) is 42.8 Å². The molecule has 0 fully saturated rings. The van der Waals surface area contributed by atoms with Gasteiger partial charge in [-0.2, -0.15) is 0 Å². The summed E-state index contributed by atoms with van der Waals surface area (Å²) >= 11 is 8.94. The van der Waals surface area contributed by atoms with Crippen molar-refractivity contribution in [2.75, 3.05) is 6.54 Å². The summed E-state index contributed by atoms with van der Waals surface area (Å²) in [6.45, 7) is 2.43. The van der Waals surface area contributed by atoms with E-state index in [0.717, 1.165) is 12.0 Å². The summed E-state index contributed by atoms with van der Waals surface area (Å²) in [5, 5.41) is 0.231. The third kappa shape index (κ3) is 4.52. The highest BCUT2D eigenvalue weighted by atomic mass is 79.9. The molecule has 0 amide bonds. The van der Waals surface area contributed by atoms with Crippen molar-refractivity contribution in [1.29, 1.82) is 0 Å². The van der Waals surface area contributed by atoms with Crippen molar-refractivity contribution in [2.45, 2.75) is 24.7 Å². The summed E-state index contributed by atoms with van der Waals surface area (Å²) < 4.78 is 27.4. The van der Waals surface area contributed by atoms with Crippen LogP contribution >= 0.6 is 27.5 Å². The van der Waals surface area contributed by atoms with Crippen LogP contribution < -0.4 is 4.72 Å². The van der Waals surface area contributed by atoms with Crippen molar-refractivity contribution in [3.8, 4) is 0 Å². The summed E-state index contributed by atoms with van der Waals surface area (Å²) in [4.78, 5) is 3.92. The van der Waals surface area contributed by atoms with E-state index in [9.17, 15) is 8.42 Å². The van der Waals surface area contributed by atoms with E-state index in [1.807, 2.05) is 12.1 Å². The van der Waals surface area contributed by atoms with Crippen LogP contribution in [0.1, 0.15) is 18.1 Å². The van der Waals surface area contributed by atoms with Gasteiger partial charge in [0, 0.05) is 12.7 Å². The summed E-state index contributed by atoms with van der Waals surface area (Å²) in [6, 6.07) is 9.60. The third-order valence-electron chi connectivity index (χ3n) is 3.22. The summed E-state index contributed by atoms with van der Waals surface area (Å²) in [7, 11) is -3.58. The Bertz CT molecular complexity index is 749. The number of aryl methyl sites for hydroxylation is 1. The first-order valence-corrected chi connectivity index (χ1v) is 9.46. The molecule has 1 aromatic carbocycles. The lowest BCUT2D eigenvalue weighted by atomic mass is 10.1. The normalized spacial score (nSPS) is 11.6. The van der Waals surface area contributed by atoms with Crippen LogP contribution in [0.15, 0.2) is 45.9 Å². The molecule has 1 aromatic heterocycles. The fourth-order valence-electron chi connectivity index (χ4n) is 1.91. The average Bonchev–Trinajstić information content (AvgIpc) is 2.50. The first-order valence-electron chi connectivity index (χ1n) is 6.81. The highest BCUT2D eigenvalue weighted by Gasteiger charge is 2.15. The first kappa shape index (κ1) is 17.4. The number of benzene rings is 1. The molecule has 4 nitrogen and oxygen atoms in total. The number of hydrogen-bond donors (Lipinski definition) is 1. The smallest absolute Gasteiger partial charge is 0.242 e. The third-order valence-corrected chi connectivity index (χ3v) is 5.78. The Morgan fingerprint density at radius 3 is 2.45 bits per heavy atom. The molecule has 0 spiro atoms. The van der Waals surface area contributed by atoms with Crippen LogP contribution in [0.3, 0.4) is 0 Å². The molecular weight excluding hydrogens is 388 g/mol. The van der Waals surface area contributed by atoms with Crippen LogP contribution in [-0.2, 0) is 22.9 Å². The Labute approximate surface area is 144 Å². The quantitative estimate of drug-likeness (QED) is 0.750. The molecule has 0 radical (unpaired) electrons. The lowest BCUT2D eigenvalue weighted by Gasteiger charge is -2.08. The van der Waals surface area contributed by atoms with E-state index in [4.69, 9.17) is 11.6 Å². The Balaban J connectivity index is 1.98. The maximum absolute atomic E-state index is 12.2. The van der Waals surface area contributed by atoms with Gasteiger partial charge >= 0.3 is 0 Å². The lowest BCUT2D eigenvalue weighted by Crippen LogP contribution is -2.26. The molecule has 0 bridgehead atoms.